The minimum atomic E-state index is -0.390. The monoisotopic (exact) mass is 393 g/mol. The molecule has 3 N–H and O–H groups in total. The summed E-state index contributed by atoms with van der Waals surface area (Å²) in [5.41, 5.74) is 6.11. The minimum absolute atomic E-state index is 0.0724. The van der Waals surface area contributed by atoms with Gasteiger partial charge in [0.2, 0.25) is 5.91 Å². The zero-order valence-electron chi connectivity index (χ0n) is 16.5. The van der Waals surface area contributed by atoms with E-state index in [1.165, 1.54) is 18.4 Å². The predicted octanol–water partition coefficient (Wildman–Crippen LogP) is 3.57. The van der Waals surface area contributed by atoms with Crippen molar-refractivity contribution in [2.75, 3.05) is 6.61 Å². The van der Waals surface area contributed by atoms with Crippen LogP contribution in [0.25, 0.3) is 0 Å². The molecule has 0 saturated carbocycles. The molecule has 7 heteroatoms. The molecule has 1 rings (SSSR count). The van der Waals surface area contributed by atoms with E-state index < -0.39 is 0 Å². The smallest absolute Gasteiger partial charge is 0.276 e. The molecule has 0 aromatic heterocycles. The summed E-state index contributed by atoms with van der Waals surface area (Å²) < 4.78 is 5.42. The van der Waals surface area contributed by atoms with E-state index in [2.05, 4.69) is 36.9 Å². The summed E-state index contributed by atoms with van der Waals surface area (Å²) in [4.78, 5) is 23.5. The second-order valence-corrected chi connectivity index (χ2v) is 7.14. The molecule has 0 heterocycles. The lowest BCUT2D eigenvalue weighted by Crippen LogP contribution is -2.49. The molecule has 0 fully saturated rings. The third kappa shape index (κ3) is 10.6. The Morgan fingerprint density at radius 1 is 1.00 bits per heavy atom. The Bertz CT molecular complexity index is 603. The predicted molar refractivity (Wildman–Crippen MR) is 111 cm³/mol. The molecule has 150 valence electrons. The van der Waals surface area contributed by atoms with Gasteiger partial charge >= 0.3 is 0 Å². The van der Waals surface area contributed by atoms with E-state index in [0.717, 1.165) is 19.3 Å². The number of thiocarbonyl (C=S) groups is 1. The quantitative estimate of drug-likeness (QED) is 0.322. The number of carbonyl (C=O) groups is 2. The van der Waals surface area contributed by atoms with Gasteiger partial charge in [0.05, 0.1) is 0 Å². The van der Waals surface area contributed by atoms with E-state index in [4.69, 9.17) is 17.0 Å². The number of hydrogen-bond acceptors (Lipinski definition) is 4. The molecule has 0 aliphatic heterocycles. The molecule has 0 unspecified atom stereocenters. The number of nitrogens with one attached hydrogen (secondary N) is 3. The number of hydrazine groups is 1. The average molecular weight is 394 g/mol. The van der Waals surface area contributed by atoms with Crippen LogP contribution in [0.15, 0.2) is 24.3 Å². The zero-order chi connectivity index (χ0) is 20.1. The van der Waals surface area contributed by atoms with Crippen LogP contribution >= 0.6 is 12.2 Å². The molecular formula is C20H31N3O3S. The highest BCUT2D eigenvalue weighted by Gasteiger charge is 2.07. The van der Waals surface area contributed by atoms with E-state index >= 15 is 0 Å². The Hall–Kier alpha value is -2.15. The fourth-order valence-corrected chi connectivity index (χ4v) is 2.53. The highest BCUT2D eigenvalue weighted by Crippen LogP contribution is 2.18. The van der Waals surface area contributed by atoms with E-state index in [1.807, 2.05) is 24.3 Å². The summed E-state index contributed by atoms with van der Waals surface area (Å²) in [5.74, 6) is 0.520. The Morgan fingerprint density at radius 2 is 1.67 bits per heavy atom. The van der Waals surface area contributed by atoms with Crippen molar-refractivity contribution < 1.29 is 14.3 Å². The van der Waals surface area contributed by atoms with Crippen LogP contribution in [0.1, 0.15) is 70.8 Å². The Kier molecular flexibility index (Phi) is 11.1. The summed E-state index contributed by atoms with van der Waals surface area (Å²) in [6.07, 6.45) is 5.81. The molecule has 0 spiro atoms. The average Bonchev–Trinajstić information content (AvgIpc) is 2.64. The molecule has 27 heavy (non-hydrogen) atoms. The van der Waals surface area contributed by atoms with Crippen LogP contribution in [0.3, 0.4) is 0 Å². The largest absolute Gasteiger partial charge is 0.484 e. The summed E-state index contributed by atoms with van der Waals surface area (Å²) in [7, 11) is 0. The van der Waals surface area contributed by atoms with E-state index in [9.17, 15) is 9.59 Å². The molecule has 0 saturated heterocycles. The second kappa shape index (κ2) is 13.1. The van der Waals surface area contributed by atoms with Gasteiger partial charge in [0.25, 0.3) is 5.91 Å². The number of amides is 2. The molecule has 1 aromatic carbocycles. The van der Waals surface area contributed by atoms with Crippen molar-refractivity contribution in [3.63, 3.8) is 0 Å². The van der Waals surface area contributed by atoms with E-state index in [-0.39, 0.29) is 23.5 Å². The van der Waals surface area contributed by atoms with Gasteiger partial charge in [-0.15, -0.1) is 0 Å². The number of unbranched alkanes of at least 4 members (excludes halogenated alkanes) is 4. The first-order chi connectivity index (χ1) is 12.9. The van der Waals surface area contributed by atoms with Crippen LogP contribution in [0.5, 0.6) is 5.75 Å². The molecule has 2 amide bonds. The Labute approximate surface area is 167 Å². The molecule has 6 nitrogen and oxygen atoms in total. The number of ether oxygens (including phenoxy) is 1. The van der Waals surface area contributed by atoms with Crippen LogP contribution in [0.2, 0.25) is 0 Å². The fourth-order valence-electron chi connectivity index (χ4n) is 2.37. The van der Waals surface area contributed by atoms with Gasteiger partial charge in [-0.05, 0) is 42.3 Å². The van der Waals surface area contributed by atoms with Gasteiger partial charge in [-0.25, -0.2) is 0 Å². The highest BCUT2D eigenvalue weighted by molar-refractivity contribution is 7.80. The summed E-state index contributed by atoms with van der Waals surface area (Å²) in [6, 6.07) is 7.62. The topological polar surface area (TPSA) is 79.5 Å². The van der Waals surface area contributed by atoms with Crippen molar-refractivity contribution in [1.82, 2.24) is 16.2 Å². The van der Waals surface area contributed by atoms with Crippen LogP contribution in [0, 0.1) is 0 Å². The first-order valence-electron chi connectivity index (χ1n) is 9.53. The van der Waals surface area contributed by atoms with Crippen molar-refractivity contribution in [3.05, 3.63) is 29.8 Å². The Morgan fingerprint density at radius 3 is 2.30 bits per heavy atom. The first kappa shape index (κ1) is 22.9. The summed E-state index contributed by atoms with van der Waals surface area (Å²) in [6.45, 7) is 6.23. The van der Waals surface area contributed by atoms with Crippen LogP contribution in [0.4, 0.5) is 0 Å². The molecule has 0 atom stereocenters. The molecule has 0 aliphatic rings. The molecule has 1 aromatic rings. The molecule has 0 radical (unpaired) electrons. The maximum atomic E-state index is 11.8. The standard InChI is InChI=1S/C20H31N3O3S/c1-4-5-6-7-8-9-18(24)21-20(27)23-22-19(25)14-26-17-12-10-16(11-13-17)15(2)3/h10-13,15H,4-9,14H2,1-3H3,(H,22,25)(H2,21,23,24,27). The minimum Gasteiger partial charge on any atom is -0.484 e. The second-order valence-electron chi connectivity index (χ2n) is 6.73. The molecule has 0 bridgehead atoms. The third-order valence-electron chi connectivity index (χ3n) is 3.99. The van der Waals surface area contributed by atoms with E-state index in [0.29, 0.717) is 18.1 Å². The van der Waals surface area contributed by atoms with Crippen molar-refractivity contribution in [2.45, 2.75) is 65.2 Å². The SMILES string of the molecule is CCCCCCCC(=O)NC(=S)NNC(=O)COc1ccc(C(C)C)cc1. The summed E-state index contributed by atoms with van der Waals surface area (Å²) >= 11 is 4.99. The first-order valence-corrected chi connectivity index (χ1v) is 9.94. The van der Waals surface area contributed by atoms with Gasteiger partial charge in [0.1, 0.15) is 5.75 Å². The number of benzene rings is 1. The van der Waals surface area contributed by atoms with Gasteiger partial charge < -0.3 is 10.1 Å². The van der Waals surface area contributed by atoms with Crippen molar-refractivity contribution >= 4 is 29.1 Å². The van der Waals surface area contributed by atoms with Crippen molar-refractivity contribution in [3.8, 4) is 5.75 Å². The zero-order valence-corrected chi connectivity index (χ0v) is 17.3. The third-order valence-corrected chi connectivity index (χ3v) is 4.20. The lowest BCUT2D eigenvalue weighted by atomic mass is 10.0. The molecular weight excluding hydrogens is 362 g/mol. The lowest BCUT2D eigenvalue weighted by Gasteiger charge is -2.12. The lowest BCUT2D eigenvalue weighted by molar-refractivity contribution is -0.124. The maximum absolute atomic E-state index is 11.8. The van der Waals surface area contributed by atoms with Crippen molar-refractivity contribution in [1.29, 1.82) is 0 Å². The van der Waals surface area contributed by atoms with Gasteiger partial charge in [0.15, 0.2) is 11.7 Å². The number of rotatable bonds is 10. The van der Waals surface area contributed by atoms with Gasteiger partial charge in [-0.2, -0.15) is 0 Å². The van der Waals surface area contributed by atoms with Crippen LogP contribution in [-0.2, 0) is 9.59 Å². The number of hydrogen-bond donors (Lipinski definition) is 3. The highest BCUT2D eigenvalue weighted by atomic mass is 32.1. The maximum Gasteiger partial charge on any atom is 0.276 e. The van der Waals surface area contributed by atoms with Crippen LogP contribution < -0.4 is 20.9 Å². The normalized spacial score (nSPS) is 10.4. The van der Waals surface area contributed by atoms with Gasteiger partial charge in [0, 0.05) is 6.42 Å². The number of carbonyl (C=O) groups excluding carboxylic acids is 2. The fraction of sp³-hybridized carbons (Fsp3) is 0.550. The molecule has 0 aliphatic carbocycles. The van der Waals surface area contributed by atoms with Crippen LogP contribution in [-0.4, -0.2) is 23.5 Å². The van der Waals surface area contributed by atoms with Crippen molar-refractivity contribution in [2.24, 2.45) is 0 Å². The van der Waals surface area contributed by atoms with E-state index in [1.54, 1.807) is 0 Å². The summed E-state index contributed by atoms with van der Waals surface area (Å²) in [5, 5.41) is 2.62. The Balaban J connectivity index is 2.17. The van der Waals surface area contributed by atoms with Gasteiger partial charge in [-0.3, -0.25) is 20.4 Å². The van der Waals surface area contributed by atoms with Gasteiger partial charge in [-0.1, -0.05) is 58.6 Å².